The Morgan fingerprint density at radius 1 is 0.938 bits per heavy atom. The molecule has 0 unspecified atom stereocenters. The molecule has 0 saturated carbocycles. The van der Waals surface area contributed by atoms with E-state index in [1.807, 2.05) is 42.5 Å². The third-order valence-electron chi connectivity index (χ3n) is 2.08. The molecule has 0 bridgehead atoms. The maximum Gasteiger partial charge on any atom is 0.128 e. The summed E-state index contributed by atoms with van der Waals surface area (Å²) in [7, 11) is 0. The van der Waals surface area contributed by atoms with Crippen LogP contribution in [0.2, 0.25) is 5.02 Å². The standard InChI is InChI=1S/C13H10Cl2O/c14-9-10-3-1-5-12(7-10)16-13-6-2-4-11(15)8-13/h1-8H,9H2. The van der Waals surface area contributed by atoms with E-state index in [1.165, 1.54) is 0 Å². The van der Waals surface area contributed by atoms with E-state index in [9.17, 15) is 0 Å². The zero-order chi connectivity index (χ0) is 11.4. The SMILES string of the molecule is ClCc1cccc(Oc2cccc(Cl)c2)c1. The van der Waals surface area contributed by atoms with E-state index in [1.54, 1.807) is 6.07 Å². The van der Waals surface area contributed by atoms with Crippen molar-refractivity contribution in [2.45, 2.75) is 5.88 Å². The van der Waals surface area contributed by atoms with Crippen molar-refractivity contribution in [2.24, 2.45) is 0 Å². The van der Waals surface area contributed by atoms with Crippen molar-refractivity contribution in [2.75, 3.05) is 0 Å². The molecule has 2 aromatic carbocycles. The molecule has 0 aromatic heterocycles. The van der Waals surface area contributed by atoms with Crippen LogP contribution < -0.4 is 4.74 Å². The third-order valence-corrected chi connectivity index (χ3v) is 2.63. The average molecular weight is 253 g/mol. The molecule has 2 aromatic rings. The van der Waals surface area contributed by atoms with E-state index in [-0.39, 0.29) is 0 Å². The highest BCUT2D eigenvalue weighted by Crippen LogP contribution is 2.24. The van der Waals surface area contributed by atoms with Crippen molar-refractivity contribution < 1.29 is 4.74 Å². The second-order valence-electron chi connectivity index (χ2n) is 3.34. The van der Waals surface area contributed by atoms with Crippen LogP contribution in [0.1, 0.15) is 5.56 Å². The lowest BCUT2D eigenvalue weighted by Crippen LogP contribution is -1.85. The molecule has 0 heterocycles. The van der Waals surface area contributed by atoms with Gasteiger partial charge in [0, 0.05) is 10.9 Å². The Bertz CT molecular complexity index is 483. The summed E-state index contributed by atoms with van der Waals surface area (Å²) in [6.07, 6.45) is 0. The van der Waals surface area contributed by atoms with E-state index >= 15 is 0 Å². The molecule has 16 heavy (non-hydrogen) atoms. The molecule has 3 heteroatoms. The summed E-state index contributed by atoms with van der Waals surface area (Å²) < 4.78 is 5.66. The van der Waals surface area contributed by atoms with Gasteiger partial charge in [0.15, 0.2) is 0 Å². The van der Waals surface area contributed by atoms with Crippen molar-refractivity contribution in [3.05, 3.63) is 59.1 Å². The molecular weight excluding hydrogens is 243 g/mol. The first-order valence-electron chi connectivity index (χ1n) is 4.86. The number of ether oxygens (including phenoxy) is 1. The first-order chi connectivity index (χ1) is 7.78. The normalized spacial score (nSPS) is 10.1. The van der Waals surface area contributed by atoms with Gasteiger partial charge in [-0.3, -0.25) is 0 Å². The molecular formula is C13H10Cl2O. The fraction of sp³-hybridized carbons (Fsp3) is 0.0769. The Morgan fingerprint density at radius 2 is 1.62 bits per heavy atom. The van der Waals surface area contributed by atoms with Gasteiger partial charge in [0.05, 0.1) is 0 Å². The number of alkyl halides is 1. The molecule has 2 rings (SSSR count). The lowest BCUT2D eigenvalue weighted by molar-refractivity contribution is 0.482. The minimum absolute atomic E-state index is 0.479. The van der Waals surface area contributed by atoms with Gasteiger partial charge in [0.25, 0.3) is 0 Å². The molecule has 82 valence electrons. The van der Waals surface area contributed by atoms with Gasteiger partial charge < -0.3 is 4.74 Å². The Kier molecular flexibility index (Phi) is 3.70. The van der Waals surface area contributed by atoms with Crippen molar-refractivity contribution in [3.8, 4) is 11.5 Å². The molecule has 0 aliphatic heterocycles. The van der Waals surface area contributed by atoms with Crippen LogP contribution in [0.4, 0.5) is 0 Å². The summed E-state index contributed by atoms with van der Waals surface area (Å²) in [5.41, 5.74) is 1.03. The molecule has 0 amide bonds. The van der Waals surface area contributed by atoms with Gasteiger partial charge in [-0.15, -0.1) is 11.6 Å². The fourth-order valence-corrected chi connectivity index (χ4v) is 1.71. The van der Waals surface area contributed by atoms with Gasteiger partial charge >= 0.3 is 0 Å². The van der Waals surface area contributed by atoms with Crippen LogP contribution in [-0.4, -0.2) is 0 Å². The van der Waals surface area contributed by atoms with Gasteiger partial charge in [-0.1, -0.05) is 29.8 Å². The van der Waals surface area contributed by atoms with Crippen LogP contribution in [0.5, 0.6) is 11.5 Å². The molecule has 0 aliphatic carbocycles. The summed E-state index contributed by atoms with van der Waals surface area (Å²) >= 11 is 11.6. The summed E-state index contributed by atoms with van der Waals surface area (Å²) in [6.45, 7) is 0. The third kappa shape index (κ3) is 2.91. The van der Waals surface area contributed by atoms with Crippen LogP contribution in [-0.2, 0) is 5.88 Å². The Morgan fingerprint density at radius 3 is 2.31 bits per heavy atom. The molecule has 0 fully saturated rings. The highest BCUT2D eigenvalue weighted by Gasteiger charge is 1.99. The smallest absolute Gasteiger partial charge is 0.128 e. The quantitative estimate of drug-likeness (QED) is 0.709. The van der Waals surface area contributed by atoms with Gasteiger partial charge in [-0.2, -0.15) is 0 Å². The van der Waals surface area contributed by atoms with Crippen LogP contribution in [0, 0.1) is 0 Å². The van der Waals surface area contributed by atoms with Crippen LogP contribution in [0.15, 0.2) is 48.5 Å². The predicted octanol–water partition coefficient (Wildman–Crippen LogP) is 4.87. The largest absolute Gasteiger partial charge is 0.457 e. The van der Waals surface area contributed by atoms with Gasteiger partial charge in [-0.05, 0) is 35.9 Å². The molecule has 0 spiro atoms. The summed E-state index contributed by atoms with van der Waals surface area (Å²) in [4.78, 5) is 0. The number of hydrogen-bond donors (Lipinski definition) is 0. The number of halogens is 2. The van der Waals surface area contributed by atoms with E-state index in [0.717, 1.165) is 17.1 Å². The zero-order valence-corrected chi connectivity index (χ0v) is 10.0. The lowest BCUT2D eigenvalue weighted by Gasteiger charge is -2.06. The molecule has 0 saturated heterocycles. The fourth-order valence-electron chi connectivity index (χ4n) is 1.36. The maximum atomic E-state index is 5.87. The van der Waals surface area contributed by atoms with Crippen molar-refractivity contribution in [1.29, 1.82) is 0 Å². The topological polar surface area (TPSA) is 9.23 Å². The predicted molar refractivity (Wildman–Crippen MR) is 67.5 cm³/mol. The highest BCUT2D eigenvalue weighted by molar-refractivity contribution is 6.30. The molecule has 0 aliphatic rings. The van der Waals surface area contributed by atoms with Gasteiger partial charge in [-0.25, -0.2) is 0 Å². The first-order valence-corrected chi connectivity index (χ1v) is 5.77. The highest BCUT2D eigenvalue weighted by atomic mass is 35.5. The second-order valence-corrected chi connectivity index (χ2v) is 4.04. The Labute approximate surface area is 105 Å². The van der Waals surface area contributed by atoms with Crippen LogP contribution in [0.25, 0.3) is 0 Å². The van der Waals surface area contributed by atoms with E-state index in [0.29, 0.717) is 10.9 Å². The molecule has 1 nitrogen and oxygen atoms in total. The minimum atomic E-state index is 0.479. The van der Waals surface area contributed by atoms with Crippen molar-refractivity contribution in [3.63, 3.8) is 0 Å². The first kappa shape index (κ1) is 11.3. The molecule has 0 atom stereocenters. The second kappa shape index (κ2) is 5.24. The van der Waals surface area contributed by atoms with E-state index < -0.39 is 0 Å². The van der Waals surface area contributed by atoms with Gasteiger partial charge in [0.1, 0.15) is 11.5 Å². The average Bonchev–Trinajstić information content (AvgIpc) is 2.29. The lowest BCUT2D eigenvalue weighted by atomic mass is 10.2. The van der Waals surface area contributed by atoms with Gasteiger partial charge in [0.2, 0.25) is 0 Å². The van der Waals surface area contributed by atoms with Crippen molar-refractivity contribution >= 4 is 23.2 Å². The zero-order valence-electron chi connectivity index (χ0n) is 8.49. The Balaban J connectivity index is 2.20. The monoisotopic (exact) mass is 252 g/mol. The maximum absolute atomic E-state index is 5.87. The number of rotatable bonds is 3. The summed E-state index contributed by atoms with van der Waals surface area (Å²) in [5.74, 6) is 1.96. The van der Waals surface area contributed by atoms with Crippen LogP contribution >= 0.6 is 23.2 Å². The molecule has 0 radical (unpaired) electrons. The molecule has 0 N–H and O–H groups in total. The number of benzene rings is 2. The minimum Gasteiger partial charge on any atom is -0.457 e. The Hall–Kier alpha value is -1.18. The summed E-state index contributed by atoms with van der Waals surface area (Å²) in [6, 6.07) is 15.0. The van der Waals surface area contributed by atoms with E-state index in [4.69, 9.17) is 27.9 Å². The van der Waals surface area contributed by atoms with E-state index in [2.05, 4.69) is 0 Å². The van der Waals surface area contributed by atoms with Crippen molar-refractivity contribution in [1.82, 2.24) is 0 Å². The summed E-state index contributed by atoms with van der Waals surface area (Å²) in [5, 5.41) is 0.658. The number of hydrogen-bond acceptors (Lipinski definition) is 1. The van der Waals surface area contributed by atoms with Crippen LogP contribution in [0.3, 0.4) is 0 Å².